The van der Waals surface area contributed by atoms with Crippen LogP contribution in [0, 0.1) is 0 Å². The van der Waals surface area contributed by atoms with Crippen LogP contribution < -0.4 is 16.2 Å². The van der Waals surface area contributed by atoms with Gasteiger partial charge in [0, 0.05) is 12.1 Å². The minimum absolute atomic E-state index is 0.120. The van der Waals surface area contributed by atoms with Crippen molar-refractivity contribution >= 4 is 39.2 Å². The molecule has 0 radical (unpaired) electrons. The molecule has 0 aliphatic heterocycles. The Morgan fingerprint density at radius 2 is 1.39 bits per heavy atom. The van der Waals surface area contributed by atoms with Gasteiger partial charge < -0.3 is 21.8 Å². The molecule has 0 amide bonds. The molecule has 0 saturated carbocycles. The van der Waals surface area contributed by atoms with Crippen molar-refractivity contribution in [3.05, 3.63) is 54.1 Å². The van der Waals surface area contributed by atoms with E-state index in [0.717, 1.165) is 4.70 Å². The van der Waals surface area contributed by atoms with Crippen molar-refractivity contribution in [2.75, 3.05) is 17.2 Å². The normalized spacial score (nSPS) is 10.3. The third kappa shape index (κ3) is 5.85. The average molecular weight is 336 g/mol. The van der Waals surface area contributed by atoms with Gasteiger partial charge in [0.2, 0.25) is 11.4 Å². The minimum Gasteiger partial charge on any atom is -0.493 e. The van der Waals surface area contributed by atoms with E-state index < -0.39 is 15.9 Å². The van der Waals surface area contributed by atoms with Gasteiger partial charge in [-0.15, -0.1) is 0 Å². The molecule has 8 nitrogen and oxygen atoms in total. The minimum atomic E-state index is -4.04. The molecule has 0 heterocycles. The zero-order valence-electron chi connectivity index (χ0n) is 12.0. The van der Waals surface area contributed by atoms with Gasteiger partial charge in [-0.25, -0.2) is 4.70 Å². The van der Waals surface area contributed by atoms with Crippen LogP contribution in [0.25, 0.3) is 5.53 Å². The average Bonchev–Trinajstić information content (AvgIpc) is 2.47. The molecule has 2 aromatic rings. The number of hydrogen-bond donors (Lipinski definition) is 3. The molecule has 122 valence electrons. The van der Waals surface area contributed by atoms with Gasteiger partial charge in [-0.2, -0.15) is 8.42 Å². The molecular weight excluding hydrogens is 320 g/mol. The van der Waals surface area contributed by atoms with E-state index in [2.05, 4.69) is 0 Å². The van der Waals surface area contributed by atoms with Gasteiger partial charge in [0.15, 0.2) is 0 Å². The van der Waals surface area contributed by atoms with Crippen molar-refractivity contribution in [1.29, 1.82) is 0 Å². The lowest BCUT2D eigenvalue weighted by molar-refractivity contribution is -0.105. The number of rotatable bonds is 4. The first-order chi connectivity index (χ1) is 10.8. The van der Waals surface area contributed by atoms with Crippen LogP contribution in [0.4, 0.5) is 22.7 Å². The lowest BCUT2D eigenvalue weighted by Crippen LogP contribution is -2.03. The van der Waals surface area contributed by atoms with Gasteiger partial charge in [-0.05, 0) is 12.1 Å². The first kappa shape index (κ1) is 18.3. The molecule has 0 aliphatic carbocycles. The Bertz CT molecular complexity index is 758. The number of para-hydroxylation sites is 4. The summed E-state index contributed by atoms with van der Waals surface area (Å²) >= 11 is 0. The van der Waals surface area contributed by atoms with E-state index in [1.54, 1.807) is 48.5 Å². The summed E-state index contributed by atoms with van der Waals surface area (Å²) in [5.41, 5.74) is 23.6. The largest absolute Gasteiger partial charge is 0.493 e. The third-order valence-electron chi connectivity index (χ3n) is 2.61. The SMILES string of the molecule is O=CCS(=O)(=O)O.[N-]=[N+](c1ccccc1N)c1ccccc1N. The van der Waals surface area contributed by atoms with E-state index in [4.69, 9.17) is 16.0 Å². The van der Waals surface area contributed by atoms with Crippen molar-refractivity contribution in [1.82, 2.24) is 4.70 Å². The van der Waals surface area contributed by atoms with Crippen LogP contribution in [0.15, 0.2) is 48.5 Å². The molecule has 9 heteroatoms. The van der Waals surface area contributed by atoms with Gasteiger partial charge in [0.1, 0.15) is 23.4 Å². The van der Waals surface area contributed by atoms with Crippen molar-refractivity contribution in [3.63, 3.8) is 0 Å². The number of nitrogens with zero attached hydrogens (tertiary/aromatic N) is 2. The van der Waals surface area contributed by atoms with E-state index in [0.29, 0.717) is 22.7 Å². The highest BCUT2D eigenvalue weighted by Gasteiger charge is 2.12. The fraction of sp³-hybridized carbons (Fsp3) is 0.0714. The Labute approximate surface area is 133 Å². The Kier molecular flexibility index (Phi) is 6.36. The number of carbonyl (C=O) groups is 1. The van der Waals surface area contributed by atoms with Crippen LogP contribution in [0.3, 0.4) is 0 Å². The van der Waals surface area contributed by atoms with Gasteiger partial charge in [0.25, 0.3) is 10.1 Å². The summed E-state index contributed by atoms with van der Waals surface area (Å²) in [5, 5.41) is 0. The molecule has 0 unspecified atom stereocenters. The molecule has 0 bridgehead atoms. The molecule has 0 aromatic heterocycles. The molecule has 2 rings (SSSR count). The van der Waals surface area contributed by atoms with Crippen LogP contribution in [-0.4, -0.2) is 25.0 Å². The monoisotopic (exact) mass is 336 g/mol. The maximum Gasteiger partial charge on any atom is 0.271 e. The van der Waals surface area contributed by atoms with E-state index in [1.807, 2.05) is 0 Å². The molecule has 0 spiro atoms. The summed E-state index contributed by atoms with van der Waals surface area (Å²) in [6, 6.07) is 14.1. The summed E-state index contributed by atoms with van der Waals surface area (Å²) < 4.78 is 27.9. The number of nitrogens with two attached hydrogens (primary N) is 2. The number of nitrogen functional groups attached to an aromatic ring is 2. The Morgan fingerprint density at radius 1 is 1.00 bits per heavy atom. The maximum absolute atomic E-state index is 10.0. The number of benzene rings is 2. The number of aldehydes is 1. The second-order valence-electron chi connectivity index (χ2n) is 4.34. The highest BCUT2D eigenvalue weighted by atomic mass is 32.2. The highest BCUT2D eigenvalue weighted by molar-refractivity contribution is 7.86. The van der Waals surface area contributed by atoms with Gasteiger partial charge in [-0.1, -0.05) is 24.3 Å². The number of hydrogen-bond acceptors (Lipinski definition) is 5. The van der Waals surface area contributed by atoms with Crippen LogP contribution in [0.2, 0.25) is 0 Å². The molecule has 0 fully saturated rings. The Balaban J connectivity index is 0.000000322. The third-order valence-corrected chi connectivity index (χ3v) is 3.17. The first-order valence-corrected chi connectivity index (χ1v) is 7.94. The van der Waals surface area contributed by atoms with Crippen molar-refractivity contribution in [2.45, 2.75) is 0 Å². The molecule has 0 saturated heterocycles. The predicted octanol–water partition coefficient (Wildman–Crippen LogP) is 1.78. The topological polar surface area (TPSA) is 149 Å². The van der Waals surface area contributed by atoms with Crippen molar-refractivity contribution in [2.24, 2.45) is 0 Å². The molecule has 0 atom stereocenters. The zero-order valence-corrected chi connectivity index (χ0v) is 12.8. The number of anilines is 2. The van der Waals surface area contributed by atoms with E-state index in [9.17, 15) is 18.7 Å². The summed E-state index contributed by atoms with van der Waals surface area (Å²) in [6.45, 7) is 0. The molecule has 5 N–H and O–H groups in total. The van der Waals surface area contributed by atoms with E-state index >= 15 is 0 Å². The first-order valence-electron chi connectivity index (χ1n) is 6.33. The highest BCUT2D eigenvalue weighted by Crippen LogP contribution is 2.29. The Hall–Kier alpha value is -2.78. The second kappa shape index (κ2) is 8.01. The zero-order chi connectivity index (χ0) is 17.5. The second-order valence-corrected chi connectivity index (χ2v) is 5.84. The van der Waals surface area contributed by atoms with E-state index in [1.165, 1.54) is 0 Å². The standard InChI is InChI=1S/C12H12N4.C2H4O4S/c13-9-5-1-3-7-11(9)16(15)12-8-4-2-6-10(12)14;3-1-2-7(4,5)6/h1-8H,13-14H2;1H,2H2,(H,4,5,6). The maximum atomic E-state index is 10.0. The summed E-state index contributed by atoms with van der Waals surface area (Å²) in [6.07, 6.45) is 0.120. The van der Waals surface area contributed by atoms with Crippen LogP contribution in [-0.2, 0) is 14.9 Å². The summed E-state index contributed by atoms with van der Waals surface area (Å²) in [4.78, 5) is 9.28. The fourth-order valence-corrected chi connectivity index (χ4v) is 1.75. The van der Waals surface area contributed by atoms with Crippen LogP contribution in [0.5, 0.6) is 0 Å². The van der Waals surface area contributed by atoms with Crippen LogP contribution in [0.1, 0.15) is 0 Å². The lowest BCUT2D eigenvalue weighted by Gasteiger charge is -2.09. The quantitative estimate of drug-likeness (QED) is 0.255. The molecule has 0 aliphatic rings. The van der Waals surface area contributed by atoms with Gasteiger partial charge >= 0.3 is 0 Å². The fourth-order valence-electron chi connectivity index (χ4n) is 1.58. The van der Waals surface area contributed by atoms with E-state index in [-0.39, 0.29) is 6.29 Å². The molecule has 23 heavy (non-hydrogen) atoms. The lowest BCUT2D eigenvalue weighted by atomic mass is 10.2. The predicted molar refractivity (Wildman–Crippen MR) is 89.0 cm³/mol. The van der Waals surface area contributed by atoms with Gasteiger partial charge in [-0.3, -0.25) is 4.55 Å². The Morgan fingerprint density at radius 3 is 1.65 bits per heavy atom. The smallest absolute Gasteiger partial charge is 0.271 e. The molecule has 2 aromatic carbocycles. The molecular formula is C14H16N4O4S. The van der Waals surface area contributed by atoms with Crippen LogP contribution >= 0.6 is 0 Å². The summed E-state index contributed by atoms with van der Waals surface area (Å²) in [5.74, 6) is -0.812. The number of carbonyl (C=O) groups excluding carboxylic acids is 1. The van der Waals surface area contributed by atoms with Crippen molar-refractivity contribution < 1.29 is 17.8 Å². The summed E-state index contributed by atoms with van der Waals surface area (Å²) in [7, 11) is -4.04. The van der Waals surface area contributed by atoms with Gasteiger partial charge in [0.05, 0.1) is 0 Å². The van der Waals surface area contributed by atoms with Crippen molar-refractivity contribution in [3.8, 4) is 0 Å².